The summed E-state index contributed by atoms with van der Waals surface area (Å²) in [6, 6.07) is 18.4. The van der Waals surface area contributed by atoms with Gasteiger partial charge in [-0.05, 0) is 30.3 Å². The van der Waals surface area contributed by atoms with Gasteiger partial charge in [-0.1, -0.05) is 36.4 Å². The highest BCUT2D eigenvalue weighted by Crippen LogP contribution is 2.17. The first-order chi connectivity index (χ1) is 14.6. The molecule has 150 valence electrons. The van der Waals surface area contributed by atoms with Crippen molar-refractivity contribution in [3.05, 3.63) is 94.3 Å². The average molecular weight is 404 g/mol. The number of benzene rings is 2. The van der Waals surface area contributed by atoms with Crippen molar-refractivity contribution in [2.75, 3.05) is 7.11 Å². The fraction of sp³-hybridized carbons (Fsp3) is 0.0909. The molecule has 2 heterocycles. The summed E-state index contributed by atoms with van der Waals surface area (Å²) in [5.41, 5.74) is 0.173. The predicted octanol–water partition coefficient (Wildman–Crippen LogP) is 3.12. The van der Waals surface area contributed by atoms with Crippen molar-refractivity contribution in [2.45, 2.75) is 6.61 Å². The van der Waals surface area contributed by atoms with E-state index in [0.717, 1.165) is 0 Å². The van der Waals surface area contributed by atoms with Crippen molar-refractivity contribution >= 4 is 22.7 Å². The Morgan fingerprint density at radius 1 is 0.933 bits per heavy atom. The predicted molar refractivity (Wildman–Crippen MR) is 107 cm³/mol. The molecule has 0 unspecified atom stereocenters. The Morgan fingerprint density at radius 2 is 1.63 bits per heavy atom. The third kappa shape index (κ3) is 3.58. The molecule has 0 spiro atoms. The summed E-state index contributed by atoms with van der Waals surface area (Å²) >= 11 is 0. The number of rotatable bonds is 5. The first kappa shape index (κ1) is 19.1. The van der Waals surface area contributed by atoms with Gasteiger partial charge in [-0.2, -0.15) is 9.78 Å². The van der Waals surface area contributed by atoms with Crippen LogP contribution in [-0.2, 0) is 16.1 Å². The Labute approximate surface area is 170 Å². The molecule has 2 aromatic heterocycles. The molecular formula is C22H16N2O6. The van der Waals surface area contributed by atoms with E-state index in [-0.39, 0.29) is 29.4 Å². The summed E-state index contributed by atoms with van der Waals surface area (Å²) in [6.07, 6.45) is 0. The fourth-order valence-corrected chi connectivity index (χ4v) is 2.96. The first-order valence-electron chi connectivity index (χ1n) is 9.00. The molecule has 0 fully saturated rings. The van der Waals surface area contributed by atoms with E-state index >= 15 is 0 Å². The lowest BCUT2D eigenvalue weighted by molar-refractivity contribution is 0.0432. The number of nitrogens with zero attached hydrogens (tertiary/aromatic N) is 2. The zero-order valence-electron chi connectivity index (χ0n) is 15.9. The first-order valence-corrected chi connectivity index (χ1v) is 9.00. The Balaban J connectivity index is 1.68. The third-order valence-electron chi connectivity index (χ3n) is 4.39. The number of esters is 2. The average Bonchev–Trinajstić information content (AvgIpc) is 3.27. The number of hydrogen-bond acceptors (Lipinski definition) is 7. The summed E-state index contributed by atoms with van der Waals surface area (Å²) in [5, 5.41) is 4.98. The van der Waals surface area contributed by atoms with Crippen molar-refractivity contribution in [3.8, 4) is 5.69 Å². The minimum Gasteiger partial charge on any atom is -0.463 e. The normalized spacial score (nSPS) is 10.7. The summed E-state index contributed by atoms with van der Waals surface area (Å²) in [5.74, 6) is -1.09. The van der Waals surface area contributed by atoms with Crippen molar-refractivity contribution in [1.29, 1.82) is 0 Å². The molecule has 0 radical (unpaired) electrons. The van der Waals surface area contributed by atoms with Gasteiger partial charge in [0, 0.05) is 5.39 Å². The molecule has 0 saturated heterocycles. The number of para-hydroxylation sites is 1. The molecule has 0 N–H and O–H groups in total. The second kappa shape index (κ2) is 8.04. The molecule has 8 heteroatoms. The Kier molecular flexibility index (Phi) is 5.13. The van der Waals surface area contributed by atoms with E-state index in [1.807, 2.05) is 6.07 Å². The number of aromatic nitrogens is 2. The maximum Gasteiger partial charge on any atom is 0.373 e. The molecule has 2 aromatic carbocycles. The van der Waals surface area contributed by atoms with Crippen LogP contribution in [0.5, 0.6) is 0 Å². The molecular weight excluding hydrogens is 388 g/mol. The Hall–Kier alpha value is -4.20. The number of furan rings is 1. The van der Waals surface area contributed by atoms with Gasteiger partial charge in [-0.15, -0.1) is 0 Å². The topological polar surface area (TPSA) is 101 Å². The van der Waals surface area contributed by atoms with Crippen LogP contribution in [0.25, 0.3) is 16.5 Å². The van der Waals surface area contributed by atoms with Crippen LogP contribution in [0.1, 0.15) is 26.8 Å². The standard InChI is InChI=1S/C22H16N2O6/c1-28-21(26)18-12-11-15(30-18)13-29-22(27)19-16-9-5-6-10-17(16)20(25)24(23-19)14-7-3-2-4-8-14/h2-12H,13H2,1H3. The lowest BCUT2D eigenvalue weighted by Gasteiger charge is -2.10. The highest BCUT2D eigenvalue weighted by molar-refractivity contribution is 6.02. The summed E-state index contributed by atoms with van der Waals surface area (Å²) in [6.45, 7) is -0.212. The molecule has 0 bridgehead atoms. The van der Waals surface area contributed by atoms with Crippen LogP contribution in [0.2, 0.25) is 0 Å². The molecule has 30 heavy (non-hydrogen) atoms. The largest absolute Gasteiger partial charge is 0.463 e. The van der Waals surface area contributed by atoms with Crippen LogP contribution in [0, 0.1) is 0 Å². The summed E-state index contributed by atoms with van der Waals surface area (Å²) in [7, 11) is 1.24. The molecule has 4 rings (SSSR count). The second-order valence-corrected chi connectivity index (χ2v) is 6.28. The number of fused-ring (bicyclic) bond motifs is 1. The van der Waals surface area contributed by atoms with E-state index < -0.39 is 11.9 Å². The number of carbonyl (C=O) groups excluding carboxylic acids is 2. The maximum absolute atomic E-state index is 12.9. The molecule has 0 saturated carbocycles. The zero-order chi connectivity index (χ0) is 21.1. The fourth-order valence-electron chi connectivity index (χ4n) is 2.96. The SMILES string of the molecule is COC(=O)c1ccc(COC(=O)c2nn(-c3ccccc3)c(=O)c3ccccc23)o1. The van der Waals surface area contributed by atoms with Crippen molar-refractivity contribution in [2.24, 2.45) is 0 Å². The van der Waals surface area contributed by atoms with Gasteiger partial charge < -0.3 is 13.9 Å². The van der Waals surface area contributed by atoms with Crippen LogP contribution < -0.4 is 5.56 Å². The maximum atomic E-state index is 12.9. The van der Waals surface area contributed by atoms with Gasteiger partial charge in [0.25, 0.3) is 5.56 Å². The van der Waals surface area contributed by atoms with Crippen LogP contribution in [0.4, 0.5) is 0 Å². The van der Waals surface area contributed by atoms with Gasteiger partial charge in [0.1, 0.15) is 12.4 Å². The minimum absolute atomic E-state index is 0.00440. The van der Waals surface area contributed by atoms with Gasteiger partial charge in [0.15, 0.2) is 5.69 Å². The van der Waals surface area contributed by atoms with Crippen LogP contribution in [0.15, 0.2) is 75.9 Å². The smallest absolute Gasteiger partial charge is 0.373 e. The van der Waals surface area contributed by atoms with Crippen LogP contribution in [-0.4, -0.2) is 28.8 Å². The van der Waals surface area contributed by atoms with Gasteiger partial charge in [-0.3, -0.25) is 4.79 Å². The van der Waals surface area contributed by atoms with Gasteiger partial charge >= 0.3 is 11.9 Å². The molecule has 4 aromatic rings. The zero-order valence-corrected chi connectivity index (χ0v) is 15.9. The van der Waals surface area contributed by atoms with E-state index in [1.165, 1.54) is 23.9 Å². The summed E-state index contributed by atoms with van der Waals surface area (Å²) in [4.78, 5) is 37.1. The lowest BCUT2D eigenvalue weighted by Crippen LogP contribution is -2.25. The number of hydrogen-bond donors (Lipinski definition) is 0. The monoisotopic (exact) mass is 404 g/mol. The molecule has 0 aliphatic heterocycles. The van der Waals surface area contributed by atoms with Crippen molar-refractivity contribution in [3.63, 3.8) is 0 Å². The number of methoxy groups -OCH3 is 1. The molecule has 8 nitrogen and oxygen atoms in total. The highest BCUT2D eigenvalue weighted by Gasteiger charge is 2.20. The number of carbonyl (C=O) groups is 2. The third-order valence-corrected chi connectivity index (χ3v) is 4.39. The van der Waals surface area contributed by atoms with Crippen LogP contribution >= 0.6 is 0 Å². The Morgan fingerprint density at radius 3 is 2.37 bits per heavy atom. The highest BCUT2D eigenvalue weighted by atomic mass is 16.6. The van der Waals surface area contributed by atoms with Crippen molar-refractivity contribution < 1.29 is 23.5 Å². The van der Waals surface area contributed by atoms with E-state index in [4.69, 9.17) is 9.15 Å². The molecule has 0 amide bonds. The van der Waals surface area contributed by atoms with Gasteiger partial charge in [-0.25, -0.2) is 9.59 Å². The van der Waals surface area contributed by atoms with E-state index in [0.29, 0.717) is 16.5 Å². The summed E-state index contributed by atoms with van der Waals surface area (Å²) < 4.78 is 16.4. The van der Waals surface area contributed by atoms with E-state index in [9.17, 15) is 14.4 Å². The van der Waals surface area contributed by atoms with E-state index in [2.05, 4.69) is 9.84 Å². The quantitative estimate of drug-likeness (QED) is 0.471. The number of ether oxygens (including phenoxy) is 2. The van der Waals surface area contributed by atoms with Crippen LogP contribution in [0.3, 0.4) is 0 Å². The second-order valence-electron chi connectivity index (χ2n) is 6.28. The molecule has 0 atom stereocenters. The van der Waals surface area contributed by atoms with Crippen molar-refractivity contribution in [1.82, 2.24) is 9.78 Å². The molecule has 0 aliphatic carbocycles. The Bertz CT molecular complexity index is 1290. The lowest BCUT2D eigenvalue weighted by atomic mass is 10.1. The van der Waals surface area contributed by atoms with E-state index in [1.54, 1.807) is 48.5 Å². The van der Waals surface area contributed by atoms with Gasteiger partial charge in [0.2, 0.25) is 5.76 Å². The van der Waals surface area contributed by atoms with Gasteiger partial charge in [0.05, 0.1) is 18.2 Å². The molecule has 0 aliphatic rings. The minimum atomic E-state index is -0.730.